The zero-order chi connectivity index (χ0) is 20.7. The number of nitrogens with zero attached hydrogens (tertiary/aromatic N) is 1. The van der Waals surface area contributed by atoms with Gasteiger partial charge in [-0.25, -0.2) is 9.78 Å². The molecule has 0 saturated carbocycles. The smallest absolute Gasteiger partial charge is 0.341 e. The van der Waals surface area contributed by atoms with E-state index in [1.165, 1.54) is 21.3 Å². The SMILES string of the molecule is COc1cc2nc3c(c(-c4cc(OC)c(O)c(OC)c4)c2cc1OC)C(=O)OC3. The number of carbonyl (C=O) groups excluding carboxylic acids is 1. The fourth-order valence-corrected chi connectivity index (χ4v) is 3.51. The fraction of sp³-hybridized carbons (Fsp3) is 0.238. The van der Waals surface area contributed by atoms with Gasteiger partial charge in [-0.3, -0.25) is 0 Å². The van der Waals surface area contributed by atoms with Crippen molar-refractivity contribution in [2.24, 2.45) is 0 Å². The predicted octanol–water partition coefficient (Wildman–Crippen LogP) is 3.31. The van der Waals surface area contributed by atoms with Crippen LogP contribution >= 0.6 is 0 Å². The summed E-state index contributed by atoms with van der Waals surface area (Å²) in [7, 11) is 5.95. The molecule has 0 amide bonds. The third-order valence-electron chi connectivity index (χ3n) is 4.88. The molecule has 0 aliphatic carbocycles. The van der Waals surface area contributed by atoms with Crippen molar-refractivity contribution in [1.82, 2.24) is 4.98 Å². The van der Waals surface area contributed by atoms with Gasteiger partial charge in [0.1, 0.15) is 6.61 Å². The molecule has 29 heavy (non-hydrogen) atoms. The highest BCUT2D eigenvalue weighted by atomic mass is 16.5. The minimum atomic E-state index is -0.467. The summed E-state index contributed by atoms with van der Waals surface area (Å²) in [6.07, 6.45) is 0. The molecule has 3 aromatic rings. The van der Waals surface area contributed by atoms with Crippen LogP contribution < -0.4 is 18.9 Å². The Morgan fingerprint density at radius 3 is 2.03 bits per heavy atom. The summed E-state index contributed by atoms with van der Waals surface area (Å²) in [5, 5.41) is 10.9. The lowest BCUT2D eigenvalue weighted by Gasteiger charge is -2.16. The van der Waals surface area contributed by atoms with E-state index in [0.29, 0.717) is 44.8 Å². The highest BCUT2D eigenvalue weighted by molar-refractivity contribution is 6.10. The number of esters is 1. The van der Waals surface area contributed by atoms with Crippen LogP contribution in [0.5, 0.6) is 28.7 Å². The molecule has 0 radical (unpaired) electrons. The van der Waals surface area contributed by atoms with Crippen molar-refractivity contribution in [1.29, 1.82) is 0 Å². The molecule has 2 heterocycles. The van der Waals surface area contributed by atoms with Crippen LogP contribution in [0.4, 0.5) is 0 Å². The molecule has 0 atom stereocenters. The second kappa shape index (κ2) is 7.05. The van der Waals surface area contributed by atoms with Gasteiger partial charge in [-0.2, -0.15) is 0 Å². The van der Waals surface area contributed by atoms with E-state index in [1.54, 1.807) is 31.4 Å². The van der Waals surface area contributed by atoms with Crippen molar-refractivity contribution in [3.63, 3.8) is 0 Å². The second-order valence-corrected chi connectivity index (χ2v) is 6.34. The van der Waals surface area contributed by atoms with Gasteiger partial charge in [0.2, 0.25) is 5.75 Å². The Morgan fingerprint density at radius 1 is 0.862 bits per heavy atom. The van der Waals surface area contributed by atoms with Gasteiger partial charge in [0.05, 0.1) is 45.2 Å². The first-order valence-electron chi connectivity index (χ1n) is 8.73. The minimum absolute atomic E-state index is 0.0812. The third-order valence-corrected chi connectivity index (χ3v) is 4.88. The van der Waals surface area contributed by atoms with E-state index in [0.717, 1.165) is 0 Å². The van der Waals surface area contributed by atoms with Crippen molar-refractivity contribution in [3.8, 4) is 39.9 Å². The number of hydrogen-bond donors (Lipinski definition) is 1. The molecule has 1 N–H and O–H groups in total. The number of phenolic OH excluding ortho intramolecular Hbond substituents is 1. The molecule has 1 aliphatic heterocycles. The van der Waals surface area contributed by atoms with Gasteiger partial charge >= 0.3 is 5.97 Å². The summed E-state index contributed by atoms with van der Waals surface area (Å²) >= 11 is 0. The Labute approximate surface area is 166 Å². The Balaban J connectivity index is 2.13. The number of cyclic esters (lactones) is 1. The van der Waals surface area contributed by atoms with Gasteiger partial charge in [-0.05, 0) is 23.8 Å². The summed E-state index contributed by atoms with van der Waals surface area (Å²) in [6, 6.07) is 6.77. The van der Waals surface area contributed by atoms with Crippen LogP contribution in [0.3, 0.4) is 0 Å². The molecule has 8 nitrogen and oxygen atoms in total. The normalized spacial score (nSPS) is 12.5. The topological polar surface area (TPSA) is 96.3 Å². The summed E-state index contributed by atoms with van der Waals surface area (Å²) < 4.78 is 26.6. The van der Waals surface area contributed by atoms with Crippen molar-refractivity contribution in [2.45, 2.75) is 6.61 Å². The molecule has 0 spiro atoms. The first kappa shape index (κ1) is 18.7. The van der Waals surface area contributed by atoms with Crippen molar-refractivity contribution in [2.75, 3.05) is 28.4 Å². The molecule has 0 bridgehead atoms. The van der Waals surface area contributed by atoms with Gasteiger partial charge < -0.3 is 28.8 Å². The Kier molecular flexibility index (Phi) is 4.54. The summed E-state index contributed by atoms with van der Waals surface area (Å²) in [6.45, 7) is 0.0812. The predicted molar refractivity (Wildman–Crippen MR) is 104 cm³/mol. The van der Waals surface area contributed by atoms with Crippen molar-refractivity contribution in [3.05, 3.63) is 35.5 Å². The number of ether oxygens (including phenoxy) is 5. The van der Waals surface area contributed by atoms with E-state index in [4.69, 9.17) is 23.7 Å². The van der Waals surface area contributed by atoms with Crippen molar-refractivity contribution < 1.29 is 33.6 Å². The number of phenols is 1. The third kappa shape index (κ3) is 2.84. The molecule has 0 saturated heterocycles. The van der Waals surface area contributed by atoms with Gasteiger partial charge in [0.15, 0.2) is 23.0 Å². The van der Waals surface area contributed by atoms with Crippen LogP contribution in [0.15, 0.2) is 24.3 Å². The lowest BCUT2D eigenvalue weighted by atomic mass is 9.94. The summed E-state index contributed by atoms with van der Waals surface area (Å²) in [4.78, 5) is 17.1. The first-order chi connectivity index (χ1) is 14.0. The molecule has 8 heteroatoms. The highest BCUT2D eigenvalue weighted by Gasteiger charge is 2.30. The Hall–Kier alpha value is -3.68. The molecule has 0 unspecified atom stereocenters. The van der Waals surface area contributed by atoms with Gasteiger partial charge in [-0.15, -0.1) is 0 Å². The number of benzene rings is 2. The molecular formula is C21H19NO7. The van der Waals surface area contributed by atoms with Crippen LogP contribution in [0.1, 0.15) is 16.1 Å². The maximum atomic E-state index is 12.5. The lowest BCUT2D eigenvalue weighted by Crippen LogP contribution is -2.02. The number of hydrogen-bond acceptors (Lipinski definition) is 8. The molecule has 1 aromatic heterocycles. The second-order valence-electron chi connectivity index (χ2n) is 6.34. The molecule has 0 fully saturated rings. The monoisotopic (exact) mass is 397 g/mol. The Bertz CT molecular complexity index is 1110. The molecule has 150 valence electrons. The number of fused-ring (bicyclic) bond motifs is 2. The number of methoxy groups -OCH3 is 4. The van der Waals surface area contributed by atoms with Gasteiger partial charge in [0.25, 0.3) is 0 Å². The number of aromatic nitrogens is 1. The van der Waals surface area contributed by atoms with E-state index in [9.17, 15) is 9.90 Å². The number of pyridine rings is 1. The van der Waals surface area contributed by atoms with Crippen LogP contribution in [0, 0.1) is 0 Å². The highest BCUT2D eigenvalue weighted by Crippen LogP contribution is 2.45. The van der Waals surface area contributed by atoms with E-state index in [1.807, 2.05) is 0 Å². The van der Waals surface area contributed by atoms with Gasteiger partial charge in [0, 0.05) is 17.0 Å². The quantitative estimate of drug-likeness (QED) is 0.655. The molecule has 4 rings (SSSR count). The lowest BCUT2D eigenvalue weighted by molar-refractivity contribution is 0.0534. The fourth-order valence-electron chi connectivity index (χ4n) is 3.51. The van der Waals surface area contributed by atoms with E-state index < -0.39 is 5.97 Å². The Morgan fingerprint density at radius 2 is 1.45 bits per heavy atom. The van der Waals surface area contributed by atoms with Crippen LogP contribution in [0.2, 0.25) is 0 Å². The maximum Gasteiger partial charge on any atom is 0.341 e. The van der Waals surface area contributed by atoms with E-state index >= 15 is 0 Å². The average Bonchev–Trinajstić information content (AvgIpc) is 3.11. The summed E-state index contributed by atoms with van der Waals surface area (Å²) in [5.41, 5.74) is 2.69. The van der Waals surface area contributed by atoms with Crippen LogP contribution in [-0.2, 0) is 11.3 Å². The van der Waals surface area contributed by atoms with Crippen LogP contribution in [-0.4, -0.2) is 44.5 Å². The largest absolute Gasteiger partial charge is 0.502 e. The van der Waals surface area contributed by atoms with Crippen LogP contribution in [0.25, 0.3) is 22.0 Å². The van der Waals surface area contributed by atoms with Crippen molar-refractivity contribution >= 4 is 16.9 Å². The van der Waals surface area contributed by atoms with Gasteiger partial charge in [-0.1, -0.05) is 0 Å². The first-order valence-corrected chi connectivity index (χ1v) is 8.73. The zero-order valence-electron chi connectivity index (χ0n) is 16.4. The van der Waals surface area contributed by atoms with E-state index in [-0.39, 0.29) is 23.9 Å². The number of carbonyl (C=O) groups is 1. The number of rotatable bonds is 5. The molecule has 2 aromatic carbocycles. The zero-order valence-corrected chi connectivity index (χ0v) is 16.4. The average molecular weight is 397 g/mol. The molecule has 1 aliphatic rings. The molecular weight excluding hydrogens is 378 g/mol. The standard InChI is InChI=1S/C21H19NO7/c1-25-14-7-11-12(8-15(14)26-2)22-13-9-29-21(24)19(13)18(11)10-5-16(27-3)20(23)17(6-10)28-4/h5-8,23H,9H2,1-4H3. The minimum Gasteiger partial charge on any atom is -0.502 e. The number of aromatic hydroxyl groups is 1. The van der Waals surface area contributed by atoms with E-state index in [2.05, 4.69) is 4.98 Å². The summed E-state index contributed by atoms with van der Waals surface area (Å²) in [5.74, 6) is 0.840. The maximum absolute atomic E-state index is 12.5.